The first-order valence-electron chi connectivity index (χ1n) is 5.23. The van der Waals surface area contributed by atoms with Crippen molar-refractivity contribution in [3.8, 4) is 0 Å². The summed E-state index contributed by atoms with van der Waals surface area (Å²) in [6.45, 7) is 0.441. The van der Waals surface area contributed by atoms with Gasteiger partial charge in [-0.25, -0.2) is 4.79 Å². The molecule has 0 unspecified atom stereocenters. The zero-order chi connectivity index (χ0) is 14.3. The van der Waals surface area contributed by atoms with Crippen LogP contribution in [-0.2, 0) is 14.4 Å². The highest BCUT2D eigenvalue weighted by molar-refractivity contribution is 5.91. The van der Waals surface area contributed by atoms with E-state index in [0.717, 1.165) is 0 Å². The van der Waals surface area contributed by atoms with Gasteiger partial charge in [0.2, 0.25) is 11.8 Å². The van der Waals surface area contributed by atoms with E-state index in [1.165, 1.54) is 6.92 Å². The van der Waals surface area contributed by atoms with Crippen molar-refractivity contribution in [1.82, 2.24) is 10.6 Å². The van der Waals surface area contributed by atoms with Gasteiger partial charge in [0.25, 0.3) is 0 Å². The van der Waals surface area contributed by atoms with Crippen LogP contribution in [0.5, 0.6) is 0 Å². The first kappa shape index (κ1) is 16.3. The topological polar surface area (TPSA) is 168 Å². The van der Waals surface area contributed by atoms with E-state index >= 15 is 0 Å². The Morgan fingerprint density at radius 1 is 1.17 bits per heavy atom. The third kappa shape index (κ3) is 5.08. The summed E-state index contributed by atoms with van der Waals surface area (Å²) in [5, 5.41) is 21.7. The standard InChI is InChI=1S/C9H18N4O5/c1-4(11)7(15)12-5(2-10)8(16)13-6(3-14)9(17)18/h4-6,14H,2-3,10-11H2,1H3,(H,12,15)(H,13,16)(H,17,18)/t4-,5-,6-/m0/s1. The van der Waals surface area contributed by atoms with Gasteiger partial charge >= 0.3 is 5.97 Å². The summed E-state index contributed by atoms with van der Waals surface area (Å²) < 4.78 is 0. The molecule has 0 aliphatic heterocycles. The lowest BCUT2D eigenvalue weighted by atomic mass is 10.2. The maximum absolute atomic E-state index is 11.6. The van der Waals surface area contributed by atoms with Crippen LogP contribution < -0.4 is 22.1 Å². The van der Waals surface area contributed by atoms with Gasteiger partial charge in [-0.2, -0.15) is 0 Å². The van der Waals surface area contributed by atoms with Crippen LogP contribution in [0.15, 0.2) is 0 Å². The molecule has 0 fully saturated rings. The summed E-state index contributed by atoms with van der Waals surface area (Å²) in [5.74, 6) is -2.77. The average Bonchev–Trinajstić information content (AvgIpc) is 2.31. The highest BCUT2D eigenvalue weighted by Gasteiger charge is 2.25. The molecule has 0 radical (unpaired) electrons. The van der Waals surface area contributed by atoms with Crippen molar-refractivity contribution in [2.75, 3.05) is 13.2 Å². The zero-order valence-corrected chi connectivity index (χ0v) is 9.92. The number of hydrogen-bond donors (Lipinski definition) is 6. The van der Waals surface area contributed by atoms with Crippen LogP contribution in [0.4, 0.5) is 0 Å². The third-order valence-corrected chi connectivity index (χ3v) is 2.08. The Morgan fingerprint density at radius 2 is 1.67 bits per heavy atom. The minimum absolute atomic E-state index is 0.220. The fraction of sp³-hybridized carbons (Fsp3) is 0.667. The Morgan fingerprint density at radius 3 is 2.00 bits per heavy atom. The summed E-state index contributed by atoms with van der Waals surface area (Å²) in [6, 6.07) is -3.37. The number of amides is 2. The first-order chi connectivity index (χ1) is 8.33. The molecule has 0 aliphatic rings. The molecule has 0 aromatic carbocycles. The number of carboxylic acid groups (broad SMARTS) is 1. The molecular weight excluding hydrogens is 244 g/mol. The van der Waals surface area contributed by atoms with Crippen LogP contribution in [0.2, 0.25) is 0 Å². The SMILES string of the molecule is C[C@H](N)C(=O)N[C@@H](CN)C(=O)N[C@@H](CO)C(=O)O. The van der Waals surface area contributed by atoms with E-state index < -0.39 is 42.5 Å². The molecule has 0 rings (SSSR count). The average molecular weight is 262 g/mol. The molecule has 104 valence electrons. The lowest BCUT2D eigenvalue weighted by molar-refractivity contribution is -0.143. The van der Waals surface area contributed by atoms with Crippen LogP contribution in [0.1, 0.15) is 6.92 Å². The molecular formula is C9H18N4O5. The quantitative estimate of drug-likeness (QED) is 0.275. The molecule has 9 nitrogen and oxygen atoms in total. The number of aliphatic hydroxyl groups excluding tert-OH is 1. The Labute approximate surface area is 104 Å². The maximum atomic E-state index is 11.6. The first-order valence-corrected chi connectivity index (χ1v) is 5.23. The molecule has 0 heterocycles. The van der Waals surface area contributed by atoms with Gasteiger partial charge in [0.05, 0.1) is 12.6 Å². The van der Waals surface area contributed by atoms with Crippen molar-refractivity contribution in [3.63, 3.8) is 0 Å². The molecule has 8 N–H and O–H groups in total. The van der Waals surface area contributed by atoms with Crippen molar-refractivity contribution in [2.24, 2.45) is 11.5 Å². The van der Waals surface area contributed by atoms with Gasteiger partial charge in [-0.3, -0.25) is 9.59 Å². The lowest BCUT2D eigenvalue weighted by Gasteiger charge is -2.20. The number of rotatable bonds is 7. The van der Waals surface area contributed by atoms with Crippen molar-refractivity contribution < 1.29 is 24.6 Å². The fourth-order valence-electron chi connectivity index (χ4n) is 0.992. The van der Waals surface area contributed by atoms with Gasteiger partial charge in [0, 0.05) is 6.54 Å². The lowest BCUT2D eigenvalue weighted by Crippen LogP contribution is -2.57. The van der Waals surface area contributed by atoms with Crippen molar-refractivity contribution in [2.45, 2.75) is 25.0 Å². The molecule has 0 saturated carbocycles. The number of aliphatic carboxylic acids is 1. The Bertz CT molecular complexity index is 320. The predicted molar refractivity (Wildman–Crippen MR) is 61.3 cm³/mol. The van der Waals surface area contributed by atoms with Crippen LogP contribution in [0.25, 0.3) is 0 Å². The predicted octanol–water partition coefficient (Wildman–Crippen LogP) is -3.66. The Kier molecular flexibility index (Phi) is 6.86. The smallest absolute Gasteiger partial charge is 0.328 e. The largest absolute Gasteiger partial charge is 0.480 e. The normalized spacial score (nSPS) is 15.3. The van der Waals surface area contributed by atoms with Gasteiger partial charge in [-0.05, 0) is 6.92 Å². The third-order valence-electron chi connectivity index (χ3n) is 2.08. The second-order valence-electron chi connectivity index (χ2n) is 3.67. The molecule has 9 heteroatoms. The van der Waals surface area contributed by atoms with E-state index in [4.69, 9.17) is 21.7 Å². The van der Waals surface area contributed by atoms with Crippen LogP contribution in [0, 0.1) is 0 Å². The Balaban J connectivity index is 4.52. The van der Waals surface area contributed by atoms with Gasteiger partial charge in [0.15, 0.2) is 0 Å². The molecule has 0 spiro atoms. The molecule has 3 atom stereocenters. The summed E-state index contributed by atoms with van der Waals surface area (Å²) in [6.07, 6.45) is 0. The van der Waals surface area contributed by atoms with Gasteiger partial charge < -0.3 is 32.3 Å². The summed E-state index contributed by atoms with van der Waals surface area (Å²) in [4.78, 5) is 33.4. The zero-order valence-electron chi connectivity index (χ0n) is 9.92. The van der Waals surface area contributed by atoms with Crippen molar-refractivity contribution >= 4 is 17.8 Å². The fourth-order valence-corrected chi connectivity index (χ4v) is 0.992. The second kappa shape index (κ2) is 7.58. The van der Waals surface area contributed by atoms with Gasteiger partial charge in [-0.1, -0.05) is 0 Å². The molecule has 0 saturated heterocycles. The minimum Gasteiger partial charge on any atom is -0.480 e. The molecule has 2 amide bonds. The van der Waals surface area contributed by atoms with Crippen LogP contribution in [0.3, 0.4) is 0 Å². The number of carboxylic acids is 1. The molecule has 18 heavy (non-hydrogen) atoms. The molecule has 0 aromatic rings. The summed E-state index contributed by atoms with van der Waals surface area (Å²) in [5.41, 5.74) is 10.6. The number of carbonyl (C=O) groups is 3. The number of aliphatic hydroxyl groups is 1. The molecule has 0 bridgehead atoms. The van der Waals surface area contributed by atoms with Gasteiger partial charge in [-0.15, -0.1) is 0 Å². The van der Waals surface area contributed by atoms with E-state index in [2.05, 4.69) is 5.32 Å². The van der Waals surface area contributed by atoms with Crippen molar-refractivity contribution in [1.29, 1.82) is 0 Å². The van der Waals surface area contributed by atoms with E-state index in [9.17, 15) is 14.4 Å². The van der Waals surface area contributed by atoms with E-state index in [-0.39, 0.29) is 6.54 Å². The summed E-state index contributed by atoms with van der Waals surface area (Å²) in [7, 11) is 0. The highest BCUT2D eigenvalue weighted by Crippen LogP contribution is 1.89. The number of carbonyl (C=O) groups excluding carboxylic acids is 2. The number of hydrogen-bond acceptors (Lipinski definition) is 6. The van der Waals surface area contributed by atoms with E-state index in [1.54, 1.807) is 0 Å². The molecule has 0 aliphatic carbocycles. The van der Waals surface area contributed by atoms with Crippen LogP contribution in [-0.4, -0.2) is 59.3 Å². The highest BCUT2D eigenvalue weighted by atomic mass is 16.4. The van der Waals surface area contributed by atoms with Crippen molar-refractivity contribution in [3.05, 3.63) is 0 Å². The van der Waals surface area contributed by atoms with E-state index in [0.29, 0.717) is 0 Å². The maximum Gasteiger partial charge on any atom is 0.328 e. The Hall–Kier alpha value is -1.71. The van der Waals surface area contributed by atoms with Gasteiger partial charge in [0.1, 0.15) is 12.1 Å². The van der Waals surface area contributed by atoms with Crippen LogP contribution >= 0.6 is 0 Å². The van der Waals surface area contributed by atoms with E-state index in [1.807, 2.05) is 5.32 Å². The molecule has 0 aromatic heterocycles. The number of nitrogens with two attached hydrogens (primary N) is 2. The minimum atomic E-state index is -1.45. The number of nitrogens with one attached hydrogen (secondary N) is 2. The summed E-state index contributed by atoms with van der Waals surface area (Å²) >= 11 is 0. The second-order valence-corrected chi connectivity index (χ2v) is 3.67. The monoisotopic (exact) mass is 262 g/mol.